The van der Waals surface area contributed by atoms with Crippen molar-refractivity contribution in [3.8, 4) is 0 Å². The molecule has 0 aromatic heterocycles. The number of nitrogens with zero attached hydrogens (tertiary/aromatic N) is 1. The summed E-state index contributed by atoms with van der Waals surface area (Å²) in [7, 11) is 4.07. The minimum atomic E-state index is 0.140. The fraction of sp³-hybridized carbons (Fsp3) is 0.889. The number of rotatable bonds is 5. The number of nitrogens with one attached hydrogen (secondary N) is 1. The van der Waals surface area contributed by atoms with Crippen LogP contribution >= 0.6 is 0 Å². The molecule has 0 aromatic carbocycles. The highest BCUT2D eigenvalue weighted by Crippen LogP contribution is 1.92. The monoisotopic (exact) mass is 172 g/mol. The summed E-state index contributed by atoms with van der Waals surface area (Å²) >= 11 is 0. The van der Waals surface area contributed by atoms with E-state index in [4.69, 9.17) is 0 Å². The third kappa shape index (κ3) is 6.16. The lowest BCUT2D eigenvalue weighted by atomic mass is 10.2. The molecule has 0 radical (unpaired) electrons. The highest BCUT2D eigenvalue weighted by molar-refractivity contribution is 5.75. The van der Waals surface area contributed by atoms with Crippen molar-refractivity contribution in [2.24, 2.45) is 0 Å². The zero-order valence-corrected chi connectivity index (χ0v) is 8.55. The topological polar surface area (TPSA) is 32.3 Å². The second-order valence-corrected chi connectivity index (χ2v) is 3.41. The van der Waals surface area contributed by atoms with Gasteiger partial charge in [-0.15, -0.1) is 0 Å². The maximum atomic E-state index is 10.9. The Kier molecular flexibility index (Phi) is 5.72. The van der Waals surface area contributed by atoms with Gasteiger partial charge in [0.25, 0.3) is 0 Å². The van der Waals surface area contributed by atoms with E-state index in [9.17, 15) is 4.79 Å². The third-order valence-electron chi connectivity index (χ3n) is 1.74. The SMILES string of the molecule is CCC(=O)NC(C)CCN(C)C. The van der Waals surface area contributed by atoms with E-state index in [0.717, 1.165) is 13.0 Å². The first-order valence-electron chi connectivity index (χ1n) is 4.50. The summed E-state index contributed by atoms with van der Waals surface area (Å²) in [5, 5.41) is 2.92. The van der Waals surface area contributed by atoms with Crippen molar-refractivity contribution < 1.29 is 4.79 Å². The van der Waals surface area contributed by atoms with E-state index in [-0.39, 0.29) is 5.91 Å². The molecule has 1 unspecified atom stereocenters. The van der Waals surface area contributed by atoms with Crippen LogP contribution in [0.15, 0.2) is 0 Å². The third-order valence-corrected chi connectivity index (χ3v) is 1.74. The summed E-state index contributed by atoms with van der Waals surface area (Å²) < 4.78 is 0. The van der Waals surface area contributed by atoms with Crippen LogP contribution in [0.3, 0.4) is 0 Å². The first-order chi connectivity index (χ1) is 5.56. The van der Waals surface area contributed by atoms with Crippen LogP contribution in [-0.4, -0.2) is 37.5 Å². The number of amides is 1. The Bertz CT molecular complexity index is 134. The molecular weight excluding hydrogens is 152 g/mol. The van der Waals surface area contributed by atoms with Gasteiger partial charge in [-0.3, -0.25) is 4.79 Å². The highest BCUT2D eigenvalue weighted by atomic mass is 16.1. The second kappa shape index (κ2) is 6.00. The maximum Gasteiger partial charge on any atom is 0.219 e. The van der Waals surface area contributed by atoms with Crippen LogP contribution in [0, 0.1) is 0 Å². The Morgan fingerprint density at radius 2 is 2.08 bits per heavy atom. The summed E-state index contributed by atoms with van der Waals surface area (Å²) in [5.74, 6) is 0.140. The van der Waals surface area contributed by atoms with Crippen molar-refractivity contribution in [1.29, 1.82) is 0 Å². The fourth-order valence-corrected chi connectivity index (χ4v) is 0.901. The average Bonchev–Trinajstić information content (AvgIpc) is 2.00. The van der Waals surface area contributed by atoms with E-state index in [1.54, 1.807) is 0 Å². The van der Waals surface area contributed by atoms with Crippen molar-refractivity contribution in [1.82, 2.24) is 10.2 Å². The normalized spacial score (nSPS) is 13.1. The Hall–Kier alpha value is -0.570. The van der Waals surface area contributed by atoms with Crippen LogP contribution in [-0.2, 0) is 4.79 Å². The maximum absolute atomic E-state index is 10.9. The number of carbonyl (C=O) groups excluding carboxylic acids is 1. The predicted molar refractivity (Wildman–Crippen MR) is 51.1 cm³/mol. The molecule has 0 aliphatic rings. The lowest BCUT2D eigenvalue weighted by molar-refractivity contribution is -0.121. The lowest BCUT2D eigenvalue weighted by Crippen LogP contribution is -2.34. The lowest BCUT2D eigenvalue weighted by Gasteiger charge is -2.16. The van der Waals surface area contributed by atoms with Crippen LogP contribution in [0.2, 0.25) is 0 Å². The van der Waals surface area contributed by atoms with E-state index >= 15 is 0 Å². The molecule has 0 spiro atoms. The number of hydrogen-bond donors (Lipinski definition) is 1. The molecule has 12 heavy (non-hydrogen) atoms. The standard InChI is InChI=1S/C9H20N2O/c1-5-9(12)10-8(2)6-7-11(3)4/h8H,5-7H2,1-4H3,(H,10,12). The molecule has 72 valence electrons. The molecule has 0 aliphatic carbocycles. The summed E-state index contributed by atoms with van der Waals surface area (Å²) in [6, 6.07) is 0.292. The summed E-state index contributed by atoms with van der Waals surface area (Å²) in [5.41, 5.74) is 0. The molecule has 0 aromatic rings. The van der Waals surface area contributed by atoms with E-state index in [1.165, 1.54) is 0 Å². The minimum absolute atomic E-state index is 0.140. The Balaban J connectivity index is 3.45. The quantitative estimate of drug-likeness (QED) is 0.667. The molecule has 0 heterocycles. The summed E-state index contributed by atoms with van der Waals surface area (Å²) in [4.78, 5) is 13.1. The van der Waals surface area contributed by atoms with E-state index in [0.29, 0.717) is 12.5 Å². The van der Waals surface area contributed by atoms with Gasteiger partial charge in [-0.1, -0.05) is 6.92 Å². The van der Waals surface area contributed by atoms with Crippen molar-refractivity contribution in [2.45, 2.75) is 32.7 Å². The van der Waals surface area contributed by atoms with Gasteiger partial charge in [0.2, 0.25) is 5.91 Å². The molecule has 3 heteroatoms. The molecular formula is C9H20N2O. The van der Waals surface area contributed by atoms with Crippen LogP contribution in [0.5, 0.6) is 0 Å². The first kappa shape index (κ1) is 11.4. The molecule has 1 N–H and O–H groups in total. The molecule has 0 aliphatic heterocycles. The van der Waals surface area contributed by atoms with Crippen molar-refractivity contribution in [3.63, 3.8) is 0 Å². The minimum Gasteiger partial charge on any atom is -0.354 e. The Morgan fingerprint density at radius 3 is 2.50 bits per heavy atom. The summed E-state index contributed by atoms with van der Waals surface area (Å²) in [6.07, 6.45) is 1.59. The van der Waals surface area contributed by atoms with E-state index < -0.39 is 0 Å². The van der Waals surface area contributed by atoms with Crippen molar-refractivity contribution in [2.75, 3.05) is 20.6 Å². The van der Waals surface area contributed by atoms with E-state index in [2.05, 4.69) is 10.2 Å². The smallest absolute Gasteiger partial charge is 0.219 e. The number of hydrogen-bond acceptors (Lipinski definition) is 2. The van der Waals surface area contributed by atoms with Gasteiger partial charge in [-0.05, 0) is 34.0 Å². The predicted octanol–water partition coefficient (Wildman–Crippen LogP) is 0.853. The fourth-order valence-electron chi connectivity index (χ4n) is 0.901. The van der Waals surface area contributed by atoms with Gasteiger partial charge in [0, 0.05) is 12.5 Å². The Morgan fingerprint density at radius 1 is 1.50 bits per heavy atom. The van der Waals surface area contributed by atoms with Gasteiger partial charge < -0.3 is 10.2 Å². The van der Waals surface area contributed by atoms with Gasteiger partial charge in [0.15, 0.2) is 0 Å². The molecule has 1 atom stereocenters. The first-order valence-corrected chi connectivity index (χ1v) is 4.50. The molecule has 0 fully saturated rings. The Labute approximate surface area is 75.1 Å². The molecule has 3 nitrogen and oxygen atoms in total. The number of carbonyl (C=O) groups is 1. The van der Waals surface area contributed by atoms with Gasteiger partial charge in [-0.25, -0.2) is 0 Å². The van der Waals surface area contributed by atoms with Gasteiger partial charge in [-0.2, -0.15) is 0 Å². The van der Waals surface area contributed by atoms with Crippen molar-refractivity contribution in [3.05, 3.63) is 0 Å². The molecule has 1 amide bonds. The van der Waals surface area contributed by atoms with Crippen LogP contribution in [0.25, 0.3) is 0 Å². The van der Waals surface area contributed by atoms with Crippen LogP contribution in [0.1, 0.15) is 26.7 Å². The summed E-state index contributed by atoms with van der Waals surface area (Å²) in [6.45, 7) is 4.93. The second-order valence-electron chi connectivity index (χ2n) is 3.41. The average molecular weight is 172 g/mol. The van der Waals surface area contributed by atoms with Gasteiger partial charge in [0.1, 0.15) is 0 Å². The highest BCUT2D eigenvalue weighted by Gasteiger charge is 2.04. The molecule has 0 saturated carbocycles. The molecule has 0 saturated heterocycles. The zero-order valence-electron chi connectivity index (χ0n) is 8.55. The van der Waals surface area contributed by atoms with Gasteiger partial charge in [0.05, 0.1) is 0 Å². The molecule has 0 bridgehead atoms. The largest absolute Gasteiger partial charge is 0.354 e. The van der Waals surface area contributed by atoms with E-state index in [1.807, 2.05) is 27.9 Å². The van der Waals surface area contributed by atoms with Crippen LogP contribution < -0.4 is 5.32 Å². The van der Waals surface area contributed by atoms with Gasteiger partial charge >= 0.3 is 0 Å². The molecule has 0 rings (SSSR count). The van der Waals surface area contributed by atoms with Crippen LogP contribution in [0.4, 0.5) is 0 Å². The van der Waals surface area contributed by atoms with Crippen molar-refractivity contribution >= 4 is 5.91 Å². The zero-order chi connectivity index (χ0) is 9.56.